The summed E-state index contributed by atoms with van der Waals surface area (Å²) >= 11 is 18.6. The average molecular weight is 676 g/mol. The van der Waals surface area contributed by atoms with Crippen molar-refractivity contribution >= 4 is 80.9 Å². The summed E-state index contributed by atoms with van der Waals surface area (Å²) in [6, 6.07) is 12.6. The van der Waals surface area contributed by atoms with E-state index in [1.807, 2.05) is 83.3 Å². The quantitative estimate of drug-likeness (QED) is 0.169. The van der Waals surface area contributed by atoms with E-state index in [0.717, 1.165) is 22.7 Å². The van der Waals surface area contributed by atoms with Crippen LogP contribution in [-0.4, -0.2) is 53.9 Å². The molecule has 0 radical (unpaired) electrons. The largest absolute Gasteiger partial charge is 0.494 e. The normalized spacial score (nSPS) is 13.6. The number of carbonyl (C=O) groups is 1. The van der Waals surface area contributed by atoms with Gasteiger partial charge in [-0.2, -0.15) is 11.8 Å². The highest BCUT2D eigenvalue weighted by Crippen LogP contribution is 2.41. The van der Waals surface area contributed by atoms with E-state index in [9.17, 15) is 4.79 Å². The number of halogens is 1. The fourth-order valence-corrected chi connectivity index (χ4v) is 5.66. The third-order valence-electron chi connectivity index (χ3n) is 6.21. The maximum absolute atomic E-state index is 12.6. The number of para-hydroxylation sites is 1. The highest BCUT2D eigenvalue weighted by molar-refractivity contribution is 7.98. The number of rotatable bonds is 9. The zero-order chi connectivity index (χ0) is 32.4. The second-order valence-electron chi connectivity index (χ2n) is 10.2. The van der Waals surface area contributed by atoms with Gasteiger partial charge in [0.25, 0.3) is 0 Å². The van der Waals surface area contributed by atoms with Gasteiger partial charge in [0.05, 0.1) is 41.8 Å². The number of amides is 1. The van der Waals surface area contributed by atoms with Crippen LogP contribution in [-0.2, 0) is 4.74 Å². The van der Waals surface area contributed by atoms with Crippen molar-refractivity contribution in [1.29, 1.82) is 0 Å². The number of aryl methyl sites for hydroxylation is 1. The molecule has 4 rings (SSSR count). The highest BCUT2D eigenvalue weighted by atomic mass is 35.5. The van der Waals surface area contributed by atoms with Crippen LogP contribution in [0.3, 0.4) is 0 Å². The molecule has 1 atom stereocenters. The van der Waals surface area contributed by atoms with Gasteiger partial charge in [0.15, 0.2) is 0 Å². The van der Waals surface area contributed by atoms with Crippen molar-refractivity contribution < 1.29 is 23.4 Å². The van der Waals surface area contributed by atoms with Gasteiger partial charge in [-0.1, -0.05) is 47.7 Å². The topological polar surface area (TPSA) is 85.2 Å². The van der Waals surface area contributed by atoms with E-state index in [-0.39, 0.29) is 12.1 Å². The van der Waals surface area contributed by atoms with Gasteiger partial charge in [-0.3, -0.25) is 4.90 Å². The summed E-state index contributed by atoms with van der Waals surface area (Å²) in [5, 5.41) is 6.93. The summed E-state index contributed by atoms with van der Waals surface area (Å²) < 4.78 is 21.8. The van der Waals surface area contributed by atoms with E-state index in [1.165, 1.54) is 5.57 Å². The maximum Gasteiger partial charge on any atom is 0.415 e. The molecule has 44 heavy (non-hydrogen) atoms. The van der Waals surface area contributed by atoms with E-state index in [4.69, 9.17) is 54.7 Å². The fourth-order valence-electron chi connectivity index (χ4n) is 4.12. The molecule has 2 N–H and O–H groups in total. The molecule has 3 aromatic rings. The van der Waals surface area contributed by atoms with Crippen molar-refractivity contribution in [3.05, 3.63) is 76.7 Å². The molecule has 1 aliphatic rings. The Morgan fingerprint density at radius 3 is 2.59 bits per heavy atom. The molecular weight excluding hydrogens is 638 g/mol. The van der Waals surface area contributed by atoms with Crippen LogP contribution in [0.5, 0.6) is 11.5 Å². The number of thiocarbonyl (C=S) groups is 2. The van der Waals surface area contributed by atoms with Crippen molar-refractivity contribution in [3.63, 3.8) is 0 Å². The van der Waals surface area contributed by atoms with Crippen molar-refractivity contribution in [2.45, 2.75) is 46.8 Å². The summed E-state index contributed by atoms with van der Waals surface area (Å²) in [4.78, 5) is 15.4. The molecule has 12 heteroatoms. The SMILES string of the molecule is CC(C)=CCOc1cc(NC(=S)c2ccoc2C)ccc1Cl.COc1cccc2c1N(C(=O)OC(C)C)C(CSC)C(=S)N2. The molecule has 2 heterocycles. The predicted molar refractivity (Wildman–Crippen MR) is 191 cm³/mol. The summed E-state index contributed by atoms with van der Waals surface area (Å²) in [6.07, 6.45) is 4.98. The predicted octanol–water partition coefficient (Wildman–Crippen LogP) is 8.91. The molecule has 2 aromatic carbocycles. The first kappa shape index (κ1) is 35.2. The molecular formula is C32H38ClN3O5S3. The average Bonchev–Trinajstić information content (AvgIpc) is 3.40. The molecule has 236 valence electrons. The van der Waals surface area contributed by atoms with Crippen LogP contribution in [0.15, 0.2) is 64.8 Å². The monoisotopic (exact) mass is 675 g/mol. The molecule has 0 saturated heterocycles. The van der Waals surface area contributed by atoms with Gasteiger partial charge in [-0.15, -0.1) is 0 Å². The molecule has 0 fully saturated rings. The van der Waals surface area contributed by atoms with Crippen LogP contribution in [0, 0.1) is 6.92 Å². The fraction of sp³-hybridized carbons (Fsp3) is 0.344. The number of anilines is 3. The number of methoxy groups -OCH3 is 1. The number of hydrogen-bond acceptors (Lipinski definition) is 8. The lowest BCUT2D eigenvalue weighted by molar-refractivity contribution is 0.122. The van der Waals surface area contributed by atoms with E-state index >= 15 is 0 Å². The van der Waals surface area contributed by atoms with Gasteiger partial charge in [0.1, 0.15) is 39.5 Å². The Balaban J connectivity index is 0.000000240. The first-order chi connectivity index (χ1) is 21.0. The Morgan fingerprint density at radius 2 is 1.98 bits per heavy atom. The van der Waals surface area contributed by atoms with Crippen molar-refractivity contribution in [3.8, 4) is 11.5 Å². The Hall–Kier alpha value is -3.25. The van der Waals surface area contributed by atoms with Crippen LogP contribution in [0.4, 0.5) is 21.9 Å². The van der Waals surface area contributed by atoms with Crippen LogP contribution in [0.1, 0.15) is 39.0 Å². The second-order valence-corrected chi connectivity index (χ2v) is 12.4. The molecule has 0 aliphatic carbocycles. The van der Waals surface area contributed by atoms with Crippen LogP contribution >= 0.6 is 47.8 Å². The number of allylic oxidation sites excluding steroid dienone is 1. The number of furan rings is 1. The summed E-state index contributed by atoms with van der Waals surface area (Å²) in [6.45, 7) is 10.1. The Morgan fingerprint density at radius 1 is 1.23 bits per heavy atom. The molecule has 1 aromatic heterocycles. The van der Waals surface area contributed by atoms with E-state index in [1.54, 1.807) is 36.1 Å². The molecule has 0 spiro atoms. The Bertz CT molecular complexity index is 1500. The molecule has 8 nitrogen and oxygen atoms in total. The zero-order valence-corrected chi connectivity index (χ0v) is 29.1. The minimum atomic E-state index is -0.413. The Kier molecular flexibility index (Phi) is 13.4. The van der Waals surface area contributed by atoms with Crippen LogP contribution < -0.4 is 25.0 Å². The number of fused-ring (bicyclic) bond motifs is 1. The molecule has 1 aliphatic heterocycles. The van der Waals surface area contributed by atoms with Crippen molar-refractivity contribution in [2.75, 3.05) is 41.3 Å². The van der Waals surface area contributed by atoms with Crippen LogP contribution in [0.2, 0.25) is 5.02 Å². The standard InChI is InChI=1S/C17H18ClNO2S.C15H20N2O3S2/c1-11(2)6-8-21-16-10-13(4-5-15(16)18)19-17(22)14-7-9-20-12(14)3;1-9(2)20-15(18)17-11(8-22-4)14(21)16-10-6-5-7-12(19-3)13(10)17/h4-7,9-10H,8H2,1-3H3,(H,19,22);5-7,9,11H,8H2,1-4H3,(H,16,21). The van der Waals surface area contributed by atoms with E-state index in [0.29, 0.717) is 44.5 Å². The Labute approximate surface area is 279 Å². The van der Waals surface area contributed by atoms with Gasteiger partial charge in [-0.05, 0) is 77.3 Å². The zero-order valence-electron chi connectivity index (χ0n) is 25.9. The lowest BCUT2D eigenvalue weighted by Crippen LogP contribution is -2.52. The number of carbonyl (C=O) groups excluding carboxylic acids is 1. The lowest BCUT2D eigenvalue weighted by atomic mass is 10.1. The minimum Gasteiger partial charge on any atom is -0.494 e. The summed E-state index contributed by atoms with van der Waals surface area (Å²) in [5.41, 5.74) is 4.31. The molecule has 1 amide bonds. The number of ether oxygens (including phenoxy) is 3. The lowest BCUT2D eigenvalue weighted by Gasteiger charge is -2.38. The van der Waals surface area contributed by atoms with Gasteiger partial charge in [-0.25, -0.2) is 4.79 Å². The number of nitrogens with zero attached hydrogens (tertiary/aromatic N) is 1. The van der Waals surface area contributed by atoms with E-state index in [2.05, 4.69) is 10.6 Å². The van der Waals surface area contributed by atoms with Gasteiger partial charge < -0.3 is 29.3 Å². The number of nitrogens with one attached hydrogen (secondary N) is 2. The first-order valence-corrected chi connectivity index (χ1v) is 16.4. The van der Waals surface area contributed by atoms with Gasteiger partial charge in [0, 0.05) is 17.5 Å². The van der Waals surface area contributed by atoms with E-state index < -0.39 is 6.09 Å². The first-order valence-electron chi connectivity index (χ1n) is 13.8. The minimum absolute atomic E-state index is 0.205. The van der Waals surface area contributed by atoms with Crippen molar-refractivity contribution in [1.82, 2.24) is 0 Å². The summed E-state index contributed by atoms with van der Waals surface area (Å²) in [5.74, 6) is 2.69. The maximum atomic E-state index is 12.6. The smallest absolute Gasteiger partial charge is 0.415 e. The van der Waals surface area contributed by atoms with Crippen molar-refractivity contribution in [2.24, 2.45) is 0 Å². The van der Waals surface area contributed by atoms with Gasteiger partial charge >= 0.3 is 6.09 Å². The highest BCUT2D eigenvalue weighted by Gasteiger charge is 2.37. The number of benzene rings is 2. The third kappa shape index (κ3) is 9.37. The third-order valence-corrected chi connectivity index (χ3v) is 7.87. The molecule has 0 saturated carbocycles. The molecule has 0 bridgehead atoms. The van der Waals surface area contributed by atoms with Gasteiger partial charge in [0.2, 0.25) is 0 Å². The number of hydrogen-bond donors (Lipinski definition) is 2. The van der Waals surface area contributed by atoms with Crippen LogP contribution in [0.25, 0.3) is 0 Å². The summed E-state index contributed by atoms with van der Waals surface area (Å²) in [7, 11) is 1.58. The second kappa shape index (κ2) is 16.7. The number of thioether (sulfide) groups is 1. The molecule has 1 unspecified atom stereocenters.